The summed E-state index contributed by atoms with van der Waals surface area (Å²) in [6.07, 6.45) is 5.42. The molecule has 8 heteroatoms. The number of amides is 4. The van der Waals surface area contributed by atoms with Crippen LogP contribution in [-0.2, 0) is 14.4 Å². The number of imide groups is 1. The maximum atomic E-state index is 12.9. The van der Waals surface area contributed by atoms with E-state index in [0.717, 1.165) is 30.6 Å². The van der Waals surface area contributed by atoms with E-state index in [4.69, 9.17) is 5.11 Å². The smallest absolute Gasteiger partial charge is 0.325 e. The molecule has 0 bridgehead atoms. The largest absolute Gasteiger partial charge is 0.481 e. The van der Waals surface area contributed by atoms with Gasteiger partial charge in [-0.1, -0.05) is 12.8 Å². The molecule has 2 atom stereocenters. The lowest BCUT2D eigenvalue weighted by Crippen LogP contribution is -2.53. The number of hydrogen-bond donors (Lipinski definition) is 2. The number of carboxylic acid groups (broad SMARTS) is 1. The highest BCUT2D eigenvalue weighted by atomic mass is 16.4. The van der Waals surface area contributed by atoms with Crippen molar-refractivity contribution >= 4 is 23.8 Å². The third-order valence-corrected chi connectivity index (χ3v) is 5.99. The first-order valence-corrected chi connectivity index (χ1v) is 9.50. The summed E-state index contributed by atoms with van der Waals surface area (Å²) in [5.74, 6) is -1.19. The van der Waals surface area contributed by atoms with Gasteiger partial charge in [0.15, 0.2) is 0 Å². The van der Waals surface area contributed by atoms with Gasteiger partial charge >= 0.3 is 12.0 Å². The van der Waals surface area contributed by atoms with Gasteiger partial charge in [-0.15, -0.1) is 0 Å². The van der Waals surface area contributed by atoms with Crippen molar-refractivity contribution in [3.05, 3.63) is 0 Å². The van der Waals surface area contributed by atoms with Crippen molar-refractivity contribution in [2.75, 3.05) is 13.1 Å². The summed E-state index contributed by atoms with van der Waals surface area (Å²) in [7, 11) is 0. The van der Waals surface area contributed by atoms with Gasteiger partial charge in [0.1, 0.15) is 11.6 Å². The SMILES string of the molecule is CC(C(=O)N1CCCC(CCC(=O)O)C1)N1C(=O)NC2(CCCC2)C1=O. The molecule has 3 fully saturated rings. The molecule has 1 spiro atoms. The zero-order valence-corrected chi connectivity index (χ0v) is 15.2. The van der Waals surface area contributed by atoms with Crippen LogP contribution in [0, 0.1) is 5.92 Å². The molecule has 3 rings (SSSR count). The average Bonchev–Trinajstić information content (AvgIpc) is 3.17. The standard InChI is InChI=1S/C18H27N3O5/c1-12(21-16(25)18(19-17(21)26)8-2-3-9-18)15(24)20-10-4-5-13(11-20)6-7-14(22)23/h12-13H,2-11H2,1H3,(H,19,26)(H,22,23). The summed E-state index contributed by atoms with van der Waals surface area (Å²) in [6.45, 7) is 2.68. The lowest BCUT2D eigenvalue weighted by atomic mass is 9.93. The molecule has 1 saturated carbocycles. The number of likely N-dealkylation sites (tertiary alicyclic amines) is 1. The zero-order chi connectivity index (χ0) is 18.9. The molecule has 3 aliphatic rings. The molecular weight excluding hydrogens is 338 g/mol. The molecule has 2 aliphatic heterocycles. The number of nitrogens with one attached hydrogen (secondary N) is 1. The van der Waals surface area contributed by atoms with Gasteiger partial charge in [0.25, 0.3) is 5.91 Å². The van der Waals surface area contributed by atoms with E-state index in [1.165, 1.54) is 0 Å². The Labute approximate surface area is 152 Å². The molecule has 8 nitrogen and oxygen atoms in total. The van der Waals surface area contributed by atoms with Gasteiger partial charge in [-0.05, 0) is 44.9 Å². The predicted molar refractivity (Wildman–Crippen MR) is 92.2 cm³/mol. The van der Waals surface area contributed by atoms with Crippen molar-refractivity contribution in [1.29, 1.82) is 0 Å². The lowest BCUT2D eigenvalue weighted by Gasteiger charge is -2.35. The van der Waals surface area contributed by atoms with Crippen LogP contribution >= 0.6 is 0 Å². The number of carboxylic acids is 1. The van der Waals surface area contributed by atoms with Crippen LogP contribution in [0.1, 0.15) is 58.3 Å². The molecule has 2 N–H and O–H groups in total. The van der Waals surface area contributed by atoms with Crippen LogP contribution in [0.2, 0.25) is 0 Å². The van der Waals surface area contributed by atoms with E-state index in [0.29, 0.717) is 32.4 Å². The van der Waals surface area contributed by atoms with E-state index in [9.17, 15) is 19.2 Å². The molecule has 4 amide bonds. The summed E-state index contributed by atoms with van der Waals surface area (Å²) in [6, 6.07) is -1.31. The Balaban J connectivity index is 1.64. The Morgan fingerprint density at radius 1 is 1.27 bits per heavy atom. The minimum absolute atomic E-state index is 0.0950. The summed E-state index contributed by atoms with van der Waals surface area (Å²) < 4.78 is 0. The van der Waals surface area contributed by atoms with E-state index in [-0.39, 0.29) is 24.2 Å². The van der Waals surface area contributed by atoms with Crippen molar-refractivity contribution in [3.63, 3.8) is 0 Å². The molecule has 2 heterocycles. The molecule has 0 aromatic heterocycles. The van der Waals surface area contributed by atoms with Gasteiger partial charge in [-0.2, -0.15) is 0 Å². The Kier molecular flexibility index (Phi) is 5.20. The first-order chi connectivity index (χ1) is 12.3. The first kappa shape index (κ1) is 18.7. The van der Waals surface area contributed by atoms with E-state index in [1.54, 1.807) is 11.8 Å². The molecule has 26 heavy (non-hydrogen) atoms. The normalized spacial score (nSPS) is 26.3. The number of rotatable bonds is 5. The maximum Gasteiger partial charge on any atom is 0.325 e. The highest BCUT2D eigenvalue weighted by molar-refractivity contribution is 6.09. The van der Waals surface area contributed by atoms with Crippen LogP contribution in [0.3, 0.4) is 0 Å². The molecule has 144 valence electrons. The number of urea groups is 1. The Morgan fingerprint density at radius 2 is 1.96 bits per heavy atom. The van der Waals surface area contributed by atoms with Crippen LogP contribution in [0.15, 0.2) is 0 Å². The molecular formula is C18H27N3O5. The van der Waals surface area contributed by atoms with E-state index < -0.39 is 23.6 Å². The van der Waals surface area contributed by atoms with Crippen LogP contribution in [0.25, 0.3) is 0 Å². The number of nitrogens with zero attached hydrogens (tertiary/aromatic N) is 2. The second-order valence-corrected chi connectivity index (χ2v) is 7.80. The average molecular weight is 365 g/mol. The fourth-order valence-electron chi connectivity index (χ4n) is 4.51. The number of piperidine rings is 1. The number of carbonyl (C=O) groups excluding carboxylic acids is 3. The lowest BCUT2D eigenvalue weighted by molar-refractivity contribution is -0.144. The quantitative estimate of drug-likeness (QED) is 0.715. The number of hydrogen-bond acceptors (Lipinski definition) is 4. The first-order valence-electron chi connectivity index (χ1n) is 9.50. The second-order valence-electron chi connectivity index (χ2n) is 7.80. The third-order valence-electron chi connectivity index (χ3n) is 5.99. The monoisotopic (exact) mass is 365 g/mol. The Bertz CT molecular complexity index is 614. The fourth-order valence-corrected chi connectivity index (χ4v) is 4.51. The number of carbonyl (C=O) groups is 4. The van der Waals surface area contributed by atoms with Gasteiger partial charge in [0.2, 0.25) is 5.91 Å². The van der Waals surface area contributed by atoms with Gasteiger partial charge < -0.3 is 15.3 Å². The Morgan fingerprint density at radius 3 is 2.62 bits per heavy atom. The molecule has 0 aromatic carbocycles. The van der Waals surface area contributed by atoms with Crippen molar-refractivity contribution < 1.29 is 24.3 Å². The highest BCUT2D eigenvalue weighted by Crippen LogP contribution is 2.36. The van der Waals surface area contributed by atoms with Gasteiger partial charge in [0.05, 0.1) is 0 Å². The molecule has 0 aromatic rings. The highest BCUT2D eigenvalue weighted by Gasteiger charge is 2.54. The summed E-state index contributed by atoms with van der Waals surface area (Å²) in [4.78, 5) is 51.6. The second kappa shape index (κ2) is 7.25. The van der Waals surface area contributed by atoms with Crippen molar-refractivity contribution in [2.24, 2.45) is 5.92 Å². The van der Waals surface area contributed by atoms with Crippen molar-refractivity contribution in [2.45, 2.75) is 69.9 Å². The van der Waals surface area contributed by atoms with Crippen LogP contribution in [-0.4, -0.2) is 63.4 Å². The van der Waals surface area contributed by atoms with E-state index in [1.807, 2.05) is 0 Å². The fraction of sp³-hybridized carbons (Fsp3) is 0.778. The van der Waals surface area contributed by atoms with Crippen LogP contribution in [0.5, 0.6) is 0 Å². The van der Waals surface area contributed by atoms with Gasteiger partial charge in [-0.3, -0.25) is 14.4 Å². The van der Waals surface area contributed by atoms with Crippen LogP contribution < -0.4 is 5.32 Å². The van der Waals surface area contributed by atoms with Crippen LogP contribution in [0.4, 0.5) is 4.79 Å². The summed E-state index contributed by atoms with van der Waals surface area (Å²) in [5, 5.41) is 11.7. The summed E-state index contributed by atoms with van der Waals surface area (Å²) >= 11 is 0. The maximum absolute atomic E-state index is 12.9. The molecule has 1 aliphatic carbocycles. The molecule has 2 saturated heterocycles. The minimum atomic E-state index is -0.833. The van der Waals surface area contributed by atoms with Gasteiger partial charge in [0, 0.05) is 19.5 Å². The van der Waals surface area contributed by atoms with Crippen molar-refractivity contribution in [1.82, 2.24) is 15.1 Å². The third kappa shape index (κ3) is 3.41. The van der Waals surface area contributed by atoms with E-state index in [2.05, 4.69) is 5.32 Å². The molecule has 0 radical (unpaired) electrons. The summed E-state index contributed by atoms with van der Waals surface area (Å²) in [5.41, 5.74) is -0.808. The van der Waals surface area contributed by atoms with Gasteiger partial charge in [-0.25, -0.2) is 9.69 Å². The predicted octanol–water partition coefficient (Wildman–Crippen LogP) is 1.34. The van der Waals surface area contributed by atoms with Crippen molar-refractivity contribution in [3.8, 4) is 0 Å². The Hall–Kier alpha value is -2.12. The molecule has 2 unspecified atom stereocenters. The minimum Gasteiger partial charge on any atom is -0.481 e. The topological polar surface area (TPSA) is 107 Å². The van der Waals surface area contributed by atoms with E-state index >= 15 is 0 Å². The number of aliphatic carboxylic acids is 1. The zero-order valence-electron chi connectivity index (χ0n) is 15.2.